The molecule has 0 spiro atoms. The molecule has 3 heterocycles. The Balaban J connectivity index is 1.69. The Kier molecular flexibility index (Phi) is 6.82. The number of aromatic nitrogens is 3. The van der Waals surface area contributed by atoms with Crippen LogP contribution < -0.4 is 5.32 Å². The Morgan fingerprint density at radius 3 is 2.62 bits per heavy atom. The van der Waals surface area contributed by atoms with E-state index in [0.717, 1.165) is 16.1 Å². The highest BCUT2D eigenvalue weighted by Crippen LogP contribution is 2.29. The van der Waals surface area contributed by atoms with Gasteiger partial charge in [0.05, 0.1) is 17.0 Å². The molecule has 7 nitrogen and oxygen atoms in total. The maximum absolute atomic E-state index is 14.6. The van der Waals surface area contributed by atoms with Crippen LogP contribution in [-0.4, -0.2) is 22.4 Å². The zero-order valence-electron chi connectivity index (χ0n) is 18.4. The molecular weight excluding hydrogens is 453 g/mol. The fraction of sp³-hybridized carbons (Fsp3) is 0.160. The van der Waals surface area contributed by atoms with Crippen molar-refractivity contribution in [3.63, 3.8) is 0 Å². The molecule has 34 heavy (non-hydrogen) atoms. The van der Waals surface area contributed by atoms with Gasteiger partial charge in [0, 0.05) is 42.9 Å². The summed E-state index contributed by atoms with van der Waals surface area (Å²) in [7, 11) is -4.00. The number of hydrogen-bond acceptors (Lipinski definition) is 6. The first-order valence-electron chi connectivity index (χ1n) is 10.6. The van der Waals surface area contributed by atoms with Crippen LogP contribution in [0.1, 0.15) is 36.2 Å². The van der Waals surface area contributed by atoms with Crippen LogP contribution in [0.3, 0.4) is 0 Å². The molecule has 1 atom stereocenters. The molecule has 0 fully saturated rings. The van der Waals surface area contributed by atoms with Crippen molar-refractivity contribution in [2.24, 2.45) is 0 Å². The van der Waals surface area contributed by atoms with E-state index < -0.39 is 15.8 Å². The lowest BCUT2D eigenvalue weighted by atomic mass is 10.1. The Bertz CT molecular complexity index is 1430. The van der Waals surface area contributed by atoms with Gasteiger partial charge in [-0.3, -0.25) is 9.97 Å². The highest BCUT2D eigenvalue weighted by molar-refractivity contribution is 7.90. The molecule has 1 aromatic carbocycles. The Morgan fingerprint density at radius 2 is 1.97 bits per heavy atom. The summed E-state index contributed by atoms with van der Waals surface area (Å²) in [4.78, 5) is 8.28. The van der Waals surface area contributed by atoms with Crippen molar-refractivity contribution >= 4 is 10.0 Å². The average molecular weight is 476 g/mol. The smallest absolute Gasteiger partial charge is 0.269 e. The second-order valence-corrected chi connectivity index (χ2v) is 9.44. The minimum Gasteiger partial charge on any atom is -0.304 e. The van der Waals surface area contributed by atoms with Crippen LogP contribution in [0.4, 0.5) is 4.39 Å². The van der Waals surface area contributed by atoms with E-state index in [0.29, 0.717) is 17.7 Å². The highest BCUT2D eigenvalue weighted by Gasteiger charge is 2.23. The average Bonchev–Trinajstić information content (AvgIpc) is 3.30. The van der Waals surface area contributed by atoms with Crippen LogP contribution in [0.5, 0.6) is 0 Å². The van der Waals surface area contributed by atoms with Gasteiger partial charge < -0.3 is 5.32 Å². The first kappa shape index (κ1) is 23.3. The molecule has 0 bridgehead atoms. The van der Waals surface area contributed by atoms with Crippen molar-refractivity contribution in [1.29, 1.82) is 5.26 Å². The van der Waals surface area contributed by atoms with Crippen molar-refractivity contribution in [3.05, 3.63) is 102 Å². The van der Waals surface area contributed by atoms with Crippen LogP contribution in [0.25, 0.3) is 11.3 Å². The summed E-state index contributed by atoms with van der Waals surface area (Å²) in [6, 6.07) is 16.2. The SMILES string of the molecule is CCC(NCc1cc(-c2ccccc2F)n(S(=O)(=O)c2cccnc2)c1)c1ccc(C#N)cn1. The highest BCUT2D eigenvalue weighted by atomic mass is 32.2. The van der Waals surface area contributed by atoms with Crippen LogP contribution in [0, 0.1) is 17.1 Å². The number of benzene rings is 1. The molecule has 1 N–H and O–H groups in total. The van der Waals surface area contributed by atoms with Crippen molar-refractivity contribution in [3.8, 4) is 17.3 Å². The number of nitrogens with zero attached hydrogens (tertiary/aromatic N) is 4. The molecule has 0 aliphatic carbocycles. The van der Waals surface area contributed by atoms with Gasteiger partial charge in [0.2, 0.25) is 0 Å². The molecule has 0 saturated heterocycles. The van der Waals surface area contributed by atoms with E-state index in [1.807, 2.05) is 13.0 Å². The summed E-state index contributed by atoms with van der Waals surface area (Å²) in [6.07, 6.45) is 6.50. The van der Waals surface area contributed by atoms with Crippen LogP contribution in [0.15, 0.2) is 84.3 Å². The Hall–Kier alpha value is -3.87. The zero-order chi connectivity index (χ0) is 24.1. The molecular formula is C25H22FN5O2S. The van der Waals surface area contributed by atoms with Gasteiger partial charge in [0.1, 0.15) is 16.8 Å². The number of halogens is 1. The molecule has 172 valence electrons. The van der Waals surface area contributed by atoms with Crippen LogP contribution >= 0.6 is 0 Å². The van der Waals surface area contributed by atoms with Gasteiger partial charge in [-0.15, -0.1) is 0 Å². The summed E-state index contributed by atoms with van der Waals surface area (Å²) in [6.45, 7) is 2.33. The molecule has 0 saturated carbocycles. The number of rotatable bonds is 8. The largest absolute Gasteiger partial charge is 0.304 e. The molecule has 0 aliphatic heterocycles. The predicted octanol–water partition coefficient (Wildman–Crippen LogP) is 4.43. The minimum absolute atomic E-state index is 0.0101. The van der Waals surface area contributed by atoms with Gasteiger partial charge in [-0.05, 0) is 54.4 Å². The second kappa shape index (κ2) is 9.95. The first-order valence-corrected chi connectivity index (χ1v) is 12.1. The molecule has 4 aromatic rings. The lowest BCUT2D eigenvalue weighted by Gasteiger charge is -2.16. The fourth-order valence-electron chi connectivity index (χ4n) is 3.65. The molecule has 0 amide bonds. The van der Waals surface area contributed by atoms with Crippen LogP contribution in [-0.2, 0) is 16.6 Å². The minimum atomic E-state index is -4.00. The van der Waals surface area contributed by atoms with Gasteiger partial charge in [-0.2, -0.15) is 5.26 Å². The lowest BCUT2D eigenvalue weighted by molar-refractivity contribution is 0.507. The quantitative estimate of drug-likeness (QED) is 0.405. The Labute approximate surface area is 197 Å². The maximum atomic E-state index is 14.6. The number of hydrogen-bond donors (Lipinski definition) is 1. The fourth-order valence-corrected chi connectivity index (χ4v) is 5.00. The van der Waals surface area contributed by atoms with Crippen molar-refractivity contribution in [1.82, 2.24) is 19.3 Å². The monoisotopic (exact) mass is 475 g/mol. The van der Waals surface area contributed by atoms with Crippen LogP contribution in [0.2, 0.25) is 0 Å². The summed E-state index contributed by atoms with van der Waals surface area (Å²) in [5.74, 6) is -0.518. The maximum Gasteiger partial charge on any atom is 0.269 e. The summed E-state index contributed by atoms with van der Waals surface area (Å²) < 4.78 is 42.5. The number of pyridine rings is 2. The molecule has 1 unspecified atom stereocenters. The third-order valence-corrected chi connectivity index (χ3v) is 7.07. The van der Waals surface area contributed by atoms with Crippen molar-refractivity contribution in [2.45, 2.75) is 30.8 Å². The van der Waals surface area contributed by atoms with E-state index >= 15 is 0 Å². The van der Waals surface area contributed by atoms with E-state index in [2.05, 4.69) is 15.3 Å². The molecule has 3 aromatic heterocycles. The normalized spacial score (nSPS) is 12.3. The van der Waals surface area contributed by atoms with Crippen molar-refractivity contribution in [2.75, 3.05) is 0 Å². The molecule has 9 heteroatoms. The predicted molar refractivity (Wildman–Crippen MR) is 125 cm³/mol. The second-order valence-electron chi connectivity index (χ2n) is 7.63. The van der Waals surface area contributed by atoms with Gasteiger partial charge in [-0.25, -0.2) is 16.8 Å². The molecule has 0 radical (unpaired) electrons. The van der Waals surface area contributed by atoms with Gasteiger partial charge in [0.25, 0.3) is 10.0 Å². The topological polar surface area (TPSA) is 101 Å². The zero-order valence-corrected chi connectivity index (χ0v) is 19.2. The molecule has 0 aliphatic rings. The standard InChI is InChI=1S/C25H22FN5O2S/c1-2-23(24-10-9-18(13-27)14-30-24)29-15-19-12-25(21-7-3-4-8-22(21)26)31(17-19)34(32,33)20-6-5-11-28-16-20/h3-12,14,16-17,23,29H,2,15H2,1H3. The number of nitriles is 1. The van der Waals surface area contributed by atoms with E-state index in [9.17, 15) is 12.8 Å². The van der Waals surface area contributed by atoms with Gasteiger partial charge in [-0.1, -0.05) is 19.1 Å². The van der Waals surface area contributed by atoms with Gasteiger partial charge >= 0.3 is 0 Å². The lowest BCUT2D eigenvalue weighted by Crippen LogP contribution is -2.21. The van der Waals surface area contributed by atoms with E-state index in [1.165, 1.54) is 43.0 Å². The Morgan fingerprint density at radius 1 is 1.15 bits per heavy atom. The summed E-state index contributed by atoms with van der Waals surface area (Å²) in [5, 5.41) is 12.4. The van der Waals surface area contributed by atoms with Gasteiger partial charge in [0.15, 0.2) is 0 Å². The van der Waals surface area contributed by atoms with Crippen molar-refractivity contribution < 1.29 is 12.8 Å². The summed E-state index contributed by atoms with van der Waals surface area (Å²) in [5.41, 5.74) is 2.33. The third-order valence-electron chi connectivity index (χ3n) is 5.42. The third kappa shape index (κ3) is 4.73. The molecule has 4 rings (SSSR count). The van der Waals surface area contributed by atoms with E-state index in [1.54, 1.807) is 36.4 Å². The summed E-state index contributed by atoms with van der Waals surface area (Å²) >= 11 is 0. The van der Waals surface area contributed by atoms with E-state index in [-0.39, 0.29) is 22.2 Å². The first-order chi connectivity index (χ1) is 16.4. The number of nitrogens with one attached hydrogen (secondary N) is 1. The van der Waals surface area contributed by atoms with E-state index in [4.69, 9.17) is 5.26 Å².